The van der Waals surface area contributed by atoms with Gasteiger partial charge in [-0.25, -0.2) is 4.79 Å². The van der Waals surface area contributed by atoms with Crippen LogP contribution < -0.4 is 0 Å². The predicted molar refractivity (Wildman–Crippen MR) is 52.1 cm³/mol. The van der Waals surface area contributed by atoms with E-state index in [0.717, 1.165) is 5.56 Å². The van der Waals surface area contributed by atoms with Gasteiger partial charge in [-0.1, -0.05) is 37.3 Å². The van der Waals surface area contributed by atoms with Crippen molar-refractivity contribution < 1.29 is 4.79 Å². The minimum Gasteiger partial charge on any atom is -0.211 e. The molecule has 3 heteroatoms. The highest BCUT2D eigenvalue weighted by molar-refractivity contribution is 5.41. The Bertz CT molecular complexity index is 387. The lowest BCUT2D eigenvalue weighted by Gasteiger charge is -2.18. The first-order valence-electron chi connectivity index (χ1n) is 4.35. The fourth-order valence-electron chi connectivity index (χ4n) is 1.31. The normalized spacial score (nSPS) is 13.4. The summed E-state index contributed by atoms with van der Waals surface area (Å²) in [5, 5.41) is 9.04. The van der Waals surface area contributed by atoms with Crippen molar-refractivity contribution in [1.82, 2.24) is 0 Å². The second-order valence-corrected chi connectivity index (χ2v) is 2.89. The van der Waals surface area contributed by atoms with Gasteiger partial charge in [0, 0.05) is 0 Å². The van der Waals surface area contributed by atoms with Gasteiger partial charge in [0.2, 0.25) is 6.08 Å². The van der Waals surface area contributed by atoms with Gasteiger partial charge in [0.1, 0.15) is 0 Å². The van der Waals surface area contributed by atoms with Crippen molar-refractivity contribution >= 4 is 6.08 Å². The van der Waals surface area contributed by atoms with Crippen molar-refractivity contribution in [2.24, 2.45) is 4.99 Å². The van der Waals surface area contributed by atoms with E-state index in [0.29, 0.717) is 6.42 Å². The Kier molecular flexibility index (Phi) is 3.17. The van der Waals surface area contributed by atoms with Crippen LogP contribution in [0.4, 0.5) is 0 Å². The van der Waals surface area contributed by atoms with E-state index in [-0.39, 0.29) is 0 Å². The molecule has 0 aromatic heterocycles. The zero-order chi connectivity index (χ0) is 10.4. The summed E-state index contributed by atoms with van der Waals surface area (Å²) in [6.45, 7) is 1.82. The third kappa shape index (κ3) is 1.71. The number of rotatable bonds is 3. The van der Waals surface area contributed by atoms with Gasteiger partial charge < -0.3 is 0 Å². The lowest BCUT2D eigenvalue weighted by atomic mass is 9.90. The molecule has 0 aliphatic rings. The Morgan fingerprint density at radius 3 is 2.50 bits per heavy atom. The molecule has 0 saturated carbocycles. The summed E-state index contributed by atoms with van der Waals surface area (Å²) in [5.41, 5.74) is -0.337. The van der Waals surface area contributed by atoms with Crippen LogP contribution in [0.15, 0.2) is 35.3 Å². The van der Waals surface area contributed by atoms with Gasteiger partial charge in [0.25, 0.3) is 0 Å². The summed E-state index contributed by atoms with van der Waals surface area (Å²) in [4.78, 5) is 13.9. The van der Waals surface area contributed by atoms with Crippen LogP contribution in [-0.2, 0) is 10.3 Å². The number of benzene rings is 1. The van der Waals surface area contributed by atoms with E-state index in [1.165, 1.54) is 6.08 Å². The van der Waals surface area contributed by atoms with Gasteiger partial charge in [-0.15, -0.1) is 0 Å². The van der Waals surface area contributed by atoms with Crippen molar-refractivity contribution in [3.63, 3.8) is 0 Å². The lowest BCUT2D eigenvalue weighted by Crippen LogP contribution is -2.19. The zero-order valence-electron chi connectivity index (χ0n) is 7.90. The van der Waals surface area contributed by atoms with Crippen LogP contribution in [0.2, 0.25) is 0 Å². The number of nitrogens with zero attached hydrogens (tertiary/aromatic N) is 2. The average Bonchev–Trinajstić information content (AvgIpc) is 2.27. The minimum atomic E-state index is -1.07. The van der Waals surface area contributed by atoms with Crippen LogP contribution in [0, 0.1) is 11.3 Å². The van der Waals surface area contributed by atoms with Crippen molar-refractivity contribution in [3.05, 3.63) is 35.9 Å². The first kappa shape index (κ1) is 10.2. The second-order valence-electron chi connectivity index (χ2n) is 2.89. The van der Waals surface area contributed by atoms with E-state index in [1.807, 2.05) is 25.1 Å². The molecule has 0 spiro atoms. The molecule has 14 heavy (non-hydrogen) atoms. The molecule has 3 nitrogen and oxygen atoms in total. The Labute approximate surface area is 82.7 Å². The molecule has 1 aromatic rings. The van der Waals surface area contributed by atoms with Gasteiger partial charge in [-0.05, 0) is 12.0 Å². The standard InChI is InChI=1S/C11H10N2O/c1-2-11(8-12,13-9-14)10-6-4-3-5-7-10/h3-7H,2H2,1H3/t11-/m1/s1. The third-order valence-corrected chi connectivity index (χ3v) is 2.18. The van der Waals surface area contributed by atoms with Crippen LogP contribution in [-0.4, -0.2) is 6.08 Å². The number of aliphatic imine (C=N–C) groups is 1. The van der Waals surface area contributed by atoms with Gasteiger partial charge in [-0.2, -0.15) is 10.3 Å². The van der Waals surface area contributed by atoms with Crippen LogP contribution in [0.5, 0.6) is 0 Å². The van der Waals surface area contributed by atoms with Gasteiger partial charge in [0.05, 0.1) is 6.07 Å². The summed E-state index contributed by atoms with van der Waals surface area (Å²) >= 11 is 0. The predicted octanol–water partition coefficient (Wildman–Crippen LogP) is 2.15. The van der Waals surface area contributed by atoms with Crippen LogP contribution in [0.25, 0.3) is 0 Å². The fraction of sp³-hybridized carbons (Fsp3) is 0.273. The summed E-state index contributed by atoms with van der Waals surface area (Å²) in [6, 6.07) is 11.1. The maximum atomic E-state index is 10.3. The fourth-order valence-corrected chi connectivity index (χ4v) is 1.31. The van der Waals surface area contributed by atoms with Crippen molar-refractivity contribution in [3.8, 4) is 6.07 Å². The summed E-state index contributed by atoms with van der Waals surface area (Å²) in [7, 11) is 0. The summed E-state index contributed by atoms with van der Waals surface area (Å²) < 4.78 is 0. The molecule has 0 aliphatic carbocycles. The first-order valence-corrected chi connectivity index (χ1v) is 4.35. The maximum Gasteiger partial charge on any atom is 0.236 e. The Morgan fingerprint density at radius 1 is 1.43 bits per heavy atom. The van der Waals surface area contributed by atoms with Crippen LogP contribution in [0.1, 0.15) is 18.9 Å². The van der Waals surface area contributed by atoms with Crippen molar-refractivity contribution in [2.45, 2.75) is 18.9 Å². The van der Waals surface area contributed by atoms with Gasteiger partial charge in [-0.3, -0.25) is 0 Å². The van der Waals surface area contributed by atoms with Gasteiger partial charge >= 0.3 is 0 Å². The number of hydrogen-bond donors (Lipinski definition) is 0. The molecule has 0 bridgehead atoms. The van der Waals surface area contributed by atoms with E-state index < -0.39 is 5.54 Å². The van der Waals surface area contributed by atoms with Gasteiger partial charge in [0.15, 0.2) is 5.54 Å². The first-order chi connectivity index (χ1) is 6.79. The molecule has 70 valence electrons. The molecular weight excluding hydrogens is 176 g/mol. The largest absolute Gasteiger partial charge is 0.236 e. The topological polar surface area (TPSA) is 53.2 Å². The van der Waals surface area contributed by atoms with Crippen molar-refractivity contribution in [1.29, 1.82) is 5.26 Å². The number of carbonyl (C=O) groups excluding carboxylic acids is 1. The van der Waals surface area contributed by atoms with E-state index in [2.05, 4.69) is 11.1 Å². The molecule has 0 saturated heterocycles. The van der Waals surface area contributed by atoms with E-state index in [1.54, 1.807) is 12.1 Å². The van der Waals surface area contributed by atoms with Crippen LogP contribution in [0.3, 0.4) is 0 Å². The van der Waals surface area contributed by atoms with Crippen LogP contribution >= 0.6 is 0 Å². The monoisotopic (exact) mass is 186 g/mol. The lowest BCUT2D eigenvalue weighted by molar-refractivity contribution is 0.524. The average molecular weight is 186 g/mol. The molecule has 0 N–H and O–H groups in total. The molecule has 0 amide bonds. The zero-order valence-corrected chi connectivity index (χ0v) is 7.90. The molecule has 0 fully saturated rings. The summed E-state index contributed by atoms with van der Waals surface area (Å²) in [6.07, 6.45) is 1.92. The molecular formula is C11H10N2O. The molecule has 0 aliphatic heterocycles. The van der Waals surface area contributed by atoms with E-state index in [4.69, 9.17) is 5.26 Å². The third-order valence-electron chi connectivity index (χ3n) is 2.18. The molecule has 0 heterocycles. The Hall–Kier alpha value is -1.91. The Balaban J connectivity index is 3.26. The van der Waals surface area contributed by atoms with E-state index in [9.17, 15) is 4.79 Å². The number of hydrogen-bond acceptors (Lipinski definition) is 3. The molecule has 0 radical (unpaired) electrons. The van der Waals surface area contributed by atoms with E-state index >= 15 is 0 Å². The quantitative estimate of drug-likeness (QED) is 0.536. The highest BCUT2D eigenvalue weighted by Gasteiger charge is 2.29. The molecule has 1 rings (SSSR count). The smallest absolute Gasteiger partial charge is 0.211 e. The SMILES string of the molecule is CC[C@](C#N)(N=C=O)c1ccccc1. The second kappa shape index (κ2) is 4.36. The molecule has 0 unspecified atom stereocenters. The number of isocyanates is 1. The molecule has 1 aromatic carbocycles. The number of nitriles is 1. The highest BCUT2D eigenvalue weighted by atomic mass is 16.1. The Morgan fingerprint density at radius 2 is 2.07 bits per heavy atom. The summed E-state index contributed by atoms with van der Waals surface area (Å²) in [5.74, 6) is 0. The minimum absolute atomic E-state index is 0.461. The molecule has 1 atom stereocenters. The highest BCUT2D eigenvalue weighted by Crippen LogP contribution is 2.27. The van der Waals surface area contributed by atoms with Crippen molar-refractivity contribution in [2.75, 3.05) is 0 Å². The maximum absolute atomic E-state index is 10.3.